The van der Waals surface area contributed by atoms with Crippen LogP contribution in [0.5, 0.6) is 0 Å². The molecule has 0 saturated carbocycles. The van der Waals surface area contributed by atoms with Crippen molar-refractivity contribution in [1.29, 1.82) is 0 Å². The quantitative estimate of drug-likeness (QED) is 0.559. The van der Waals surface area contributed by atoms with E-state index in [0.717, 1.165) is 18.4 Å². The lowest BCUT2D eigenvalue weighted by Crippen LogP contribution is -1.75. The third-order valence-corrected chi connectivity index (χ3v) is 3.27. The highest BCUT2D eigenvalue weighted by Gasteiger charge is 2.02. The van der Waals surface area contributed by atoms with Crippen molar-refractivity contribution in [3.63, 3.8) is 0 Å². The number of fused-ring (bicyclic) bond motifs is 1. The average Bonchev–Trinajstić information content (AvgIpc) is 2.56. The highest BCUT2D eigenvalue weighted by atomic mass is 35.5. The number of hydrogen-bond acceptors (Lipinski definition) is 2. The topological polar surface area (TPSA) is 12.9 Å². The minimum absolute atomic E-state index is 0.541. The van der Waals surface area contributed by atoms with Crippen molar-refractivity contribution in [2.45, 2.75) is 12.8 Å². The summed E-state index contributed by atoms with van der Waals surface area (Å²) in [6, 6.07) is 5.86. The number of halogens is 1. The molecule has 2 rings (SSSR count). The van der Waals surface area contributed by atoms with Gasteiger partial charge in [-0.25, -0.2) is 4.98 Å². The number of aryl methyl sites for hydroxylation is 1. The van der Waals surface area contributed by atoms with Gasteiger partial charge in [0, 0.05) is 11.3 Å². The van der Waals surface area contributed by atoms with Gasteiger partial charge < -0.3 is 0 Å². The molecule has 0 bridgehead atoms. The van der Waals surface area contributed by atoms with Crippen molar-refractivity contribution in [3.05, 3.63) is 28.2 Å². The maximum absolute atomic E-state index is 5.79. The van der Waals surface area contributed by atoms with E-state index in [1.807, 2.05) is 12.1 Å². The number of nitrogens with zero attached hydrogens (tertiary/aromatic N) is 1. The van der Waals surface area contributed by atoms with E-state index < -0.39 is 0 Å². The minimum atomic E-state index is 0.541. The molecular formula is C11H8ClNS. The van der Waals surface area contributed by atoms with Gasteiger partial charge in [-0.05, 0) is 24.6 Å². The van der Waals surface area contributed by atoms with Gasteiger partial charge in [-0.3, -0.25) is 0 Å². The summed E-state index contributed by atoms with van der Waals surface area (Å²) >= 11 is 7.52. The average molecular weight is 222 g/mol. The van der Waals surface area contributed by atoms with E-state index in [1.165, 1.54) is 9.58 Å². The standard InChI is InChI=1S/C11H8ClNS/c1-2-3-4-8-7-9-10(14-8)5-6-11(12)13-9/h1,5-7H,3-4H2. The molecule has 0 aromatic carbocycles. The van der Waals surface area contributed by atoms with Crippen molar-refractivity contribution < 1.29 is 0 Å². The summed E-state index contributed by atoms with van der Waals surface area (Å²) in [6.45, 7) is 0. The van der Waals surface area contributed by atoms with Crippen molar-refractivity contribution >= 4 is 33.2 Å². The first-order valence-electron chi connectivity index (χ1n) is 4.28. The Balaban J connectivity index is 2.37. The Labute approximate surface area is 91.7 Å². The molecule has 2 aromatic rings. The molecule has 70 valence electrons. The number of aromatic nitrogens is 1. The normalized spacial score (nSPS) is 10.3. The van der Waals surface area contributed by atoms with Gasteiger partial charge in [-0.2, -0.15) is 0 Å². The van der Waals surface area contributed by atoms with Crippen LogP contribution in [0.1, 0.15) is 11.3 Å². The lowest BCUT2D eigenvalue weighted by atomic mass is 10.2. The molecule has 0 spiro atoms. The Hall–Kier alpha value is -1.04. The number of rotatable bonds is 2. The molecule has 3 heteroatoms. The summed E-state index contributed by atoms with van der Waals surface area (Å²) in [5.74, 6) is 2.63. The molecule has 0 N–H and O–H groups in total. The SMILES string of the molecule is C#CCCc1cc2nc(Cl)ccc2s1. The second kappa shape index (κ2) is 4.00. The molecule has 2 heterocycles. The molecule has 1 nitrogen and oxygen atoms in total. The van der Waals surface area contributed by atoms with Crippen LogP contribution in [-0.4, -0.2) is 4.98 Å². The fourth-order valence-electron chi connectivity index (χ4n) is 1.27. The van der Waals surface area contributed by atoms with Crippen LogP contribution in [0.3, 0.4) is 0 Å². The number of pyridine rings is 1. The molecule has 0 unspecified atom stereocenters. The van der Waals surface area contributed by atoms with Crippen LogP contribution in [0.4, 0.5) is 0 Å². The van der Waals surface area contributed by atoms with Gasteiger partial charge in [0.15, 0.2) is 0 Å². The molecule has 0 aliphatic rings. The summed E-state index contributed by atoms with van der Waals surface area (Å²) in [6.07, 6.45) is 6.92. The van der Waals surface area contributed by atoms with Crippen LogP contribution >= 0.6 is 22.9 Å². The van der Waals surface area contributed by atoms with Gasteiger partial charge in [0.2, 0.25) is 0 Å². The van der Waals surface area contributed by atoms with Gasteiger partial charge in [0.25, 0.3) is 0 Å². The first-order valence-corrected chi connectivity index (χ1v) is 5.47. The largest absolute Gasteiger partial charge is 0.235 e. The molecule has 2 aromatic heterocycles. The molecule has 0 fully saturated rings. The smallest absolute Gasteiger partial charge is 0.129 e. The van der Waals surface area contributed by atoms with E-state index in [1.54, 1.807) is 11.3 Å². The lowest BCUT2D eigenvalue weighted by molar-refractivity contribution is 1.06. The molecule has 0 radical (unpaired) electrons. The first kappa shape index (κ1) is 9.51. The fraction of sp³-hybridized carbons (Fsp3) is 0.182. The highest BCUT2D eigenvalue weighted by molar-refractivity contribution is 7.19. The van der Waals surface area contributed by atoms with Crippen LogP contribution in [0.25, 0.3) is 10.2 Å². The Morgan fingerprint density at radius 1 is 1.50 bits per heavy atom. The monoisotopic (exact) mass is 221 g/mol. The lowest BCUT2D eigenvalue weighted by Gasteiger charge is -1.87. The Bertz CT molecular complexity index is 495. The summed E-state index contributed by atoms with van der Waals surface area (Å²) in [7, 11) is 0. The van der Waals surface area contributed by atoms with Crippen molar-refractivity contribution in [2.75, 3.05) is 0 Å². The minimum Gasteiger partial charge on any atom is -0.235 e. The van der Waals surface area contributed by atoms with Crippen LogP contribution in [0.15, 0.2) is 18.2 Å². The summed E-state index contributed by atoms with van der Waals surface area (Å²) in [5, 5.41) is 0.541. The molecule has 0 amide bonds. The number of thiophene rings is 1. The van der Waals surface area contributed by atoms with Crippen molar-refractivity contribution in [1.82, 2.24) is 4.98 Å². The molecular weight excluding hydrogens is 214 g/mol. The van der Waals surface area contributed by atoms with E-state index in [9.17, 15) is 0 Å². The van der Waals surface area contributed by atoms with Crippen LogP contribution in [-0.2, 0) is 6.42 Å². The summed E-state index contributed by atoms with van der Waals surface area (Å²) in [5.41, 5.74) is 0.967. The molecule has 0 atom stereocenters. The van der Waals surface area contributed by atoms with Gasteiger partial charge in [0.05, 0.1) is 10.2 Å². The van der Waals surface area contributed by atoms with E-state index in [4.69, 9.17) is 18.0 Å². The van der Waals surface area contributed by atoms with Crippen LogP contribution < -0.4 is 0 Å². The van der Waals surface area contributed by atoms with E-state index >= 15 is 0 Å². The van der Waals surface area contributed by atoms with Gasteiger partial charge in [-0.15, -0.1) is 23.7 Å². The van der Waals surface area contributed by atoms with Crippen LogP contribution in [0, 0.1) is 12.3 Å². The highest BCUT2D eigenvalue weighted by Crippen LogP contribution is 2.26. The third-order valence-electron chi connectivity index (χ3n) is 1.91. The van der Waals surface area contributed by atoms with Crippen molar-refractivity contribution in [3.8, 4) is 12.3 Å². The molecule has 14 heavy (non-hydrogen) atoms. The molecule has 0 saturated heterocycles. The maximum atomic E-state index is 5.79. The van der Waals surface area contributed by atoms with Crippen LogP contribution in [0.2, 0.25) is 5.15 Å². The number of terminal acetylenes is 1. The Morgan fingerprint density at radius 2 is 2.36 bits per heavy atom. The second-order valence-electron chi connectivity index (χ2n) is 2.93. The summed E-state index contributed by atoms with van der Waals surface area (Å²) in [4.78, 5) is 5.50. The molecule has 0 aliphatic carbocycles. The predicted octanol–water partition coefficient (Wildman–Crippen LogP) is 3.52. The zero-order chi connectivity index (χ0) is 9.97. The van der Waals surface area contributed by atoms with E-state index in [0.29, 0.717) is 5.15 Å². The first-order chi connectivity index (χ1) is 6.79. The van der Waals surface area contributed by atoms with E-state index in [2.05, 4.69) is 17.0 Å². The van der Waals surface area contributed by atoms with E-state index in [-0.39, 0.29) is 0 Å². The summed E-state index contributed by atoms with van der Waals surface area (Å²) < 4.78 is 1.17. The Morgan fingerprint density at radius 3 is 3.14 bits per heavy atom. The van der Waals surface area contributed by atoms with Gasteiger partial charge in [0.1, 0.15) is 5.15 Å². The fourth-order valence-corrected chi connectivity index (χ4v) is 2.43. The molecule has 0 aliphatic heterocycles. The van der Waals surface area contributed by atoms with Gasteiger partial charge in [-0.1, -0.05) is 11.6 Å². The Kier molecular flexibility index (Phi) is 2.72. The maximum Gasteiger partial charge on any atom is 0.129 e. The number of hydrogen-bond donors (Lipinski definition) is 0. The predicted molar refractivity (Wildman–Crippen MR) is 61.8 cm³/mol. The zero-order valence-electron chi connectivity index (χ0n) is 7.46. The zero-order valence-corrected chi connectivity index (χ0v) is 9.03. The second-order valence-corrected chi connectivity index (χ2v) is 4.49. The third kappa shape index (κ3) is 1.89. The van der Waals surface area contributed by atoms with Crippen molar-refractivity contribution in [2.24, 2.45) is 0 Å². The van der Waals surface area contributed by atoms with Gasteiger partial charge >= 0.3 is 0 Å².